The lowest BCUT2D eigenvalue weighted by Gasteiger charge is -2.24. The Morgan fingerprint density at radius 1 is 1.23 bits per heavy atom. The Labute approximate surface area is 139 Å². The molecule has 0 fully saturated rings. The molecule has 1 heterocycles. The van der Waals surface area contributed by atoms with E-state index < -0.39 is 0 Å². The second-order valence-corrected chi connectivity index (χ2v) is 5.73. The standard InChI is InChI=1S/C16H17Cl2NO3/c1-11(2)19(15(20)9-17)10-14-7-8-16(22-14)21-13-5-3-12(18)4-6-13/h3-8,11H,9-10H2,1-2H3. The number of halogens is 2. The number of benzene rings is 1. The molecule has 0 radical (unpaired) electrons. The van der Waals surface area contributed by atoms with Crippen LogP contribution in [0.2, 0.25) is 5.02 Å². The van der Waals surface area contributed by atoms with Gasteiger partial charge in [-0.25, -0.2) is 0 Å². The Hall–Kier alpha value is -1.65. The molecule has 0 aliphatic rings. The average Bonchev–Trinajstić information content (AvgIpc) is 2.93. The number of rotatable bonds is 6. The van der Waals surface area contributed by atoms with Gasteiger partial charge in [-0.3, -0.25) is 4.79 Å². The van der Waals surface area contributed by atoms with Crippen LogP contribution in [0.1, 0.15) is 19.6 Å². The maximum Gasteiger partial charge on any atom is 0.290 e. The summed E-state index contributed by atoms with van der Waals surface area (Å²) >= 11 is 11.4. The van der Waals surface area contributed by atoms with E-state index >= 15 is 0 Å². The highest BCUT2D eigenvalue weighted by atomic mass is 35.5. The fraction of sp³-hybridized carbons (Fsp3) is 0.312. The number of ether oxygens (including phenoxy) is 1. The van der Waals surface area contributed by atoms with Crippen LogP contribution in [0.25, 0.3) is 0 Å². The number of alkyl halides is 1. The van der Waals surface area contributed by atoms with Gasteiger partial charge in [-0.05, 0) is 44.2 Å². The lowest BCUT2D eigenvalue weighted by atomic mass is 10.3. The Morgan fingerprint density at radius 2 is 1.91 bits per heavy atom. The molecule has 0 spiro atoms. The van der Waals surface area contributed by atoms with E-state index in [2.05, 4.69) is 0 Å². The van der Waals surface area contributed by atoms with Crippen LogP contribution in [-0.2, 0) is 11.3 Å². The molecule has 1 aromatic heterocycles. The molecule has 6 heteroatoms. The van der Waals surface area contributed by atoms with E-state index in [9.17, 15) is 4.79 Å². The van der Waals surface area contributed by atoms with Crippen LogP contribution < -0.4 is 4.74 Å². The molecule has 0 bridgehead atoms. The molecule has 0 aliphatic carbocycles. The largest absolute Gasteiger partial charge is 0.429 e. The number of nitrogens with zero attached hydrogens (tertiary/aromatic N) is 1. The lowest BCUT2D eigenvalue weighted by molar-refractivity contribution is -0.131. The van der Waals surface area contributed by atoms with Crippen LogP contribution >= 0.6 is 23.2 Å². The fourth-order valence-electron chi connectivity index (χ4n) is 1.92. The summed E-state index contributed by atoms with van der Waals surface area (Å²) in [6, 6.07) is 10.5. The third-order valence-electron chi connectivity index (χ3n) is 3.05. The smallest absolute Gasteiger partial charge is 0.290 e. The van der Waals surface area contributed by atoms with Crippen molar-refractivity contribution in [2.45, 2.75) is 26.4 Å². The van der Waals surface area contributed by atoms with E-state index in [4.69, 9.17) is 32.4 Å². The number of carbonyl (C=O) groups excluding carboxylic acids is 1. The normalized spacial score (nSPS) is 10.8. The van der Waals surface area contributed by atoms with Crippen LogP contribution in [0.5, 0.6) is 11.7 Å². The summed E-state index contributed by atoms with van der Waals surface area (Å²) in [5.41, 5.74) is 0. The predicted octanol–water partition coefficient (Wildman–Crippen LogP) is 4.70. The minimum Gasteiger partial charge on any atom is -0.429 e. The first kappa shape index (κ1) is 16.7. The molecule has 0 aliphatic heterocycles. The summed E-state index contributed by atoms with van der Waals surface area (Å²) in [6.45, 7) is 4.21. The van der Waals surface area contributed by atoms with Gasteiger partial charge in [-0.2, -0.15) is 0 Å². The van der Waals surface area contributed by atoms with Gasteiger partial charge >= 0.3 is 0 Å². The molecule has 0 saturated carbocycles. The van der Waals surface area contributed by atoms with Gasteiger partial charge in [-0.15, -0.1) is 11.6 Å². The summed E-state index contributed by atoms with van der Waals surface area (Å²) in [6.07, 6.45) is 0. The molecule has 1 amide bonds. The molecule has 0 saturated heterocycles. The predicted molar refractivity (Wildman–Crippen MR) is 86.6 cm³/mol. The monoisotopic (exact) mass is 341 g/mol. The van der Waals surface area contributed by atoms with Gasteiger partial charge < -0.3 is 14.1 Å². The van der Waals surface area contributed by atoms with Crippen molar-refractivity contribution in [3.63, 3.8) is 0 Å². The van der Waals surface area contributed by atoms with Gasteiger partial charge in [0.2, 0.25) is 5.91 Å². The molecule has 118 valence electrons. The highest BCUT2D eigenvalue weighted by Gasteiger charge is 2.18. The molecule has 4 nitrogen and oxygen atoms in total. The summed E-state index contributed by atoms with van der Waals surface area (Å²) in [5, 5.41) is 0.639. The summed E-state index contributed by atoms with van der Waals surface area (Å²) < 4.78 is 11.2. The van der Waals surface area contributed by atoms with Crippen LogP contribution in [0.15, 0.2) is 40.8 Å². The Bertz CT molecular complexity index is 623. The molecule has 1 aromatic carbocycles. The van der Waals surface area contributed by atoms with E-state index in [1.54, 1.807) is 41.3 Å². The number of carbonyl (C=O) groups is 1. The van der Waals surface area contributed by atoms with Crippen molar-refractivity contribution in [1.82, 2.24) is 4.90 Å². The van der Waals surface area contributed by atoms with E-state index in [0.717, 1.165) is 0 Å². The quantitative estimate of drug-likeness (QED) is 0.715. The molecule has 0 unspecified atom stereocenters. The topological polar surface area (TPSA) is 42.7 Å². The molecular weight excluding hydrogens is 325 g/mol. The van der Waals surface area contributed by atoms with Crippen molar-refractivity contribution in [2.24, 2.45) is 0 Å². The third kappa shape index (κ3) is 4.42. The first-order valence-corrected chi connectivity index (χ1v) is 7.78. The number of hydrogen-bond donors (Lipinski definition) is 0. The highest BCUT2D eigenvalue weighted by molar-refractivity contribution is 6.30. The Kier molecular flexibility index (Phi) is 5.75. The second kappa shape index (κ2) is 7.56. The number of furan rings is 1. The first-order valence-electron chi connectivity index (χ1n) is 6.87. The zero-order chi connectivity index (χ0) is 16.1. The number of amides is 1. The summed E-state index contributed by atoms with van der Waals surface area (Å²) in [7, 11) is 0. The van der Waals surface area contributed by atoms with E-state index in [0.29, 0.717) is 29.0 Å². The minimum absolute atomic E-state index is 0.0389. The second-order valence-electron chi connectivity index (χ2n) is 5.03. The fourth-order valence-corrected chi connectivity index (χ4v) is 2.20. The SMILES string of the molecule is CC(C)N(Cc1ccc(Oc2ccc(Cl)cc2)o1)C(=O)CCl. The van der Waals surface area contributed by atoms with Gasteiger partial charge in [0.1, 0.15) is 17.4 Å². The van der Waals surface area contributed by atoms with Gasteiger partial charge in [0, 0.05) is 17.1 Å². The Balaban J connectivity index is 2.04. The molecule has 0 atom stereocenters. The van der Waals surface area contributed by atoms with Crippen LogP contribution in [0.4, 0.5) is 0 Å². The van der Waals surface area contributed by atoms with Gasteiger partial charge in [-0.1, -0.05) is 11.6 Å². The third-order valence-corrected chi connectivity index (χ3v) is 3.53. The molecular formula is C16H17Cl2NO3. The molecule has 0 N–H and O–H groups in total. The van der Waals surface area contributed by atoms with Crippen LogP contribution in [0.3, 0.4) is 0 Å². The van der Waals surface area contributed by atoms with Crippen molar-refractivity contribution in [2.75, 3.05) is 5.88 Å². The average molecular weight is 342 g/mol. The molecule has 2 rings (SSSR count). The van der Waals surface area contributed by atoms with E-state index in [-0.39, 0.29) is 17.8 Å². The van der Waals surface area contributed by atoms with Crippen molar-refractivity contribution in [3.05, 3.63) is 47.2 Å². The van der Waals surface area contributed by atoms with Gasteiger partial charge in [0.25, 0.3) is 5.95 Å². The van der Waals surface area contributed by atoms with Crippen molar-refractivity contribution in [3.8, 4) is 11.7 Å². The summed E-state index contributed by atoms with van der Waals surface area (Å²) in [5.74, 6) is 1.44. The maximum absolute atomic E-state index is 11.8. The Morgan fingerprint density at radius 3 is 2.50 bits per heavy atom. The first-order chi connectivity index (χ1) is 10.5. The van der Waals surface area contributed by atoms with Gasteiger partial charge in [0.15, 0.2) is 0 Å². The van der Waals surface area contributed by atoms with Crippen LogP contribution in [0, 0.1) is 0 Å². The molecule has 2 aromatic rings. The number of hydrogen-bond acceptors (Lipinski definition) is 3. The van der Waals surface area contributed by atoms with Crippen molar-refractivity contribution >= 4 is 29.1 Å². The lowest BCUT2D eigenvalue weighted by Crippen LogP contribution is -2.37. The minimum atomic E-state index is -0.131. The molecule has 22 heavy (non-hydrogen) atoms. The van der Waals surface area contributed by atoms with E-state index in [1.165, 1.54) is 0 Å². The van der Waals surface area contributed by atoms with E-state index in [1.807, 2.05) is 13.8 Å². The van der Waals surface area contributed by atoms with Gasteiger partial charge in [0.05, 0.1) is 6.54 Å². The van der Waals surface area contributed by atoms with Crippen molar-refractivity contribution in [1.29, 1.82) is 0 Å². The van der Waals surface area contributed by atoms with Crippen LogP contribution in [-0.4, -0.2) is 22.7 Å². The maximum atomic E-state index is 11.8. The summed E-state index contributed by atoms with van der Waals surface area (Å²) in [4.78, 5) is 13.4. The zero-order valence-electron chi connectivity index (χ0n) is 12.4. The zero-order valence-corrected chi connectivity index (χ0v) is 13.9. The highest BCUT2D eigenvalue weighted by Crippen LogP contribution is 2.25. The van der Waals surface area contributed by atoms with Crippen molar-refractivity contribution < 1.29 is 13.9 Å².